The number of Topliss-reactive ketones (excluding diaryl/α,β-unsaturated/α-hetero) is 1. The maximum Gasteiger partial charge on any atom is 0.220 e. The van der Waals surface area contributed by atoms with Gasteiger partial charge in [-0.1, -0.05) is 30.3 Å². The smallest absolute Gasteiger partial charge is 0.220 e. The number of hydrogen-bond donors (Lipinski definition) is 1. The number of carbonyl (C=O) groups is 2. The van der Waals surface area contributed by atoms with Gasteiger partial charge < -0.3 is 10.1 Å². The van der Waals surface area contributed by atoms with Crippen LogP contribution < -0.4 is 10.1 Å². The van der Waals surface area contributed by atoms with Gasteiger partial charge >= 0.3 is 0 Å². The summed E-state index contributed by atoms with van der Waals surface area (Å²) in [6.45, 7) is 0.740. The van der Waals surface area contributed by atoms with Gasteiger partial charge in [0.1, 0.15) is 5.75 Å². The molecule has 0 saturated carbocycles. The first-order valence-corrected chi connectivity index (χ1v) is 11.2. The summed E-state index contributed by atoms with van der Waals surface area (Å²) < 4.78 is 7.17. The number of ketones is 1. The van der Waals surface area contributed by atoms with E-state index < -0.39 is 0 Å². The van der Waals surface area contributed by atoms with E-state index in [-0.39, 0.29) is 17.7 Å². The van der Waals surface area contributed by atoms with Crippen LogP contribution in [0.5, 0.6) is 5.75 Å². The lowest BCUT2D eigenvalue weighted by atomic mass is 9.92. The van der Waals surface area contributed by atoms with E-state index in [1.165, 1.54) is 11.3 Å². The second-order valence-corrected chi connectivity index (χ2v) is 8.21. The highest BCUT2D eigenvalue weighted by Crippen LogP contribution is 2.30. The molecule has 0 fully saturated rings. The topological polar surface area (TPSA) is 73.2 Å². The Morgan fingerprint density at radius 2 is 1.88 bits per heavy atom. The molecule has 4 rings (SSSR count). The second-order valence-electron chi connectivity index (χ2n) is 8.21. The molecule has 6 nitrogen and oxygen atoms in total. The number of amides is 1. The number of nitrogens with zero attached hydrogens (tertiary/aromatic N) is 2. The van der Waals surface area contributed by atoms with E-state index in [0.717, 1.165) is 37.1 Å². The van der Waals surface area contributed by atoms with Gasteiger partial charge in [-0.05, 0) is 55.5 Å². The lowest BCUT2D eigenvalue weighted by molar-refractivity contribution is -0.122. The summed E-state index contributed by atoms with van der Waals surface area (Å²) in [5.74, 6) is 0.753. The van der Waals surface area contributed by atoms with Crippen molar-refractivity contribution in [3.05, 3.63) is 83.2 Å². The zero-order valence-corrected chi connectivity index (χ0v) is 18.4. The predicted octanol–water partition coefficient (Wildman–Crippen LogP) is 4.49. The zero-order chi connectivity index (χ0) is 22.3. The second kappa shape index (κ2) is 10.3. The minimum atomic E-state index is -0.0128. The van der Waals surface area contributed by atoms with Crippen molar-refractivity contribution in [2.75, 3.05) is 7.11 Å². The van der Waals surface area contributed by atoms with Crippen molar-refractivity contribution in [3.8, 4) is 5.75 Å². The van der Waals surface area contributed by atoms with E-state index in [1.54, 1.807) is 31.4 Å². The monoisotopic (exact) mass is 431 g/mol. The standard InChI is InChI=1S/C26H29N3O3/c1-32-21-15-13-20(14-16-21)25(30)11-6-12-26(31)28-23-9-5-10-24-22(23)17-27-29(24)18-19-7-3-2-4-8-19/h2-4,7-8,13-17,23H,5-6,9-12,18H2,1H3,(H,28,31). The van der Waals surface area contributed by atoms with Crippen LogP contribution in [0.2, 0.25) is 0 Å². The number of benzene rings is 2. The molecule has 1 aliphatic rings. The van der Waals surface area contributed by atoms with Crippen LogP contribution in [-0.2, 0) is 17.8 Å². The molecule has 32 heavy (non-hydrogen) atoms. The number of ether oxygens (including phenoxy) is 1. The number of nitrogens with one attached hydrogen (secondary N) is 1. The molecule has 3 aromatic rings. The van der Waals surface area contributed by atoms with Crippen molar-refractivity contribution in [1.82, 2.24) is 15.1 Å². The van der Waals surface area contributed by atoms with Crippen molar-refractivity contribution >= 4 is 11.7 Å². The molecule has 1 N–H and O–H groups in total. The number of methoxy groups -OCH3 is 1. The van der Waals surface area contributed by atoms with Gasteiger partial charge in [0.25, 0.3) is 0 Å². The van der Waals surface area contributed by atoms with Crippen molar-refractivity contribution < 1.29 is 14.3 Å². The maximum atomic E-state index is 12.6. The van der Waals surface area contributed by atoms with E-state index in [2.05, 4.69) is 27.2 Å². The Bertz CT molecular complexity index is 1060. The van der Waals surface area contributed by atoms with Gasteiger partial charge in [0.2, 0.25) is 5.91 Å². The Hall–Kier alpha value is -3.41. The summed E-state index contributed by atoms with van der Waals surface area (Å²) in [5, 5.41) is 7.75. The number of hydrogen-bond acceptors (Lipinski definition) is 4. The molecule has 1 aromatic heterocycles. The lowest BCUT2D eigenvalue weighted by Crippen LogP contribution is -2.31. The molecule has 1 unspecified atom stereocenters. The molecule has 0 aliphatic heterocycles. The van der Waals surface area contributed by atoms with Gasteiger partial charge in [-0.3, -0.25) is 14.3 Å². The van der Waals surface area contributed by atoms with Crippen LogP contribution in [0.4, 0.5) is 0 Å². The van der Waals surface area contributed by atoms with Crippen LogP contribution in [0.25, 0.3) is 0 Å². The molecule has 2 aromatic carbocycles. The molecule has 0 saturated heterocycles. The molecule has 0 spiro atoms. The van der Waals surface area contributed by atoms with E-state index in [0.29, 0.717) is 24.8 Å². The number of rotatable bonds is 9. The highest BCUT2D eigenvalue weighted by Gasteiger charge is 2.25. The Kier molecular flexibility index (Phi) is 7.00. The minimum absolute atomic E-state index is 0.00642. The summed E-state index contributed by atoms with van der Waals surface area (Å²) in [6.07, 6.45) is 6.04. The molecule has 0 radical (unpaired) electrons. The number of carbonyl (C=O) groups excluding carboxylic acids is 2. The van der Waals surface area contributed by atoms with Crippen molar-refractivity contribution in [2.45, 2.75) is 51.1 Å². The number of fused-ring (bicyclic) bond motifs is 1. The van der Waals surface area contributed by atoms with Gasteiger partial charge in [-0.2, -0.15) is 5.10 Å². The molecule has 6 heteroatoms. The Morgan fingerprint density at radius 3 is 2.62 bits per heavy atom. The van der Waals surface area contributed by atoms with Gasteiger partial charge in [-0.15, -0.1) is 0 Å². The maximum absolute atomic E-state index is 12.6. The van der Waals surface area contributed by atoms with Gasteiger partial charge in [0.15, 0.2) is 5.78 Å². The molecule has 0 bridgehead atoms. The average Bonchev–Trinajstić information content (AvgIpc) is 3.23. The molecule has 1 heterocycles. The van der Waals surface area contributed by atoms with E-state index in [9.17, 15) is 9.59 Å². The van der Waals surface area contributed by atoms with Gasteiger partial charge in [0.05, 0.1) is 25.9 Å². The van der Waals surface area contributed by atoms with Crippen LogP contribution in [0.3, 0.4) is 0 Å². The molecule has 166 valence electrons. The van der Waals surface area contributed by atoms with E-state index >= 15 is 0 Å². The minimum Gasteiger partial charge on any atom is -0.497 e. The first-order chi connectivity index (χ1) is 15.6. The van der Waals surface area contributed by atoms with Crippen molar-refractivity contribution in [1.29, 1.82) is 0 Å². The Balaban J connectivity index is 1.29. The SMILES string of the molecule is COc1ccc(C(=O)CCCC(=O)NC2CCCc3c2cnn3Cc2ccccc2)cc1. The van der Waals surface area contributed by atoms with Crippen LogP contribution in [0.1, 0.15) is 65.3 Å². The molecular weight excluding hydrogens is 402 g/mol. The average molecular weight is 432 g/mol. The summed E-state index contributed by atoms with van der Waals surface area (Å²) in [6, 6.07) is 17.4. The summed E-state index contributed by atoms with van der Waals surface area (Å²) in [4.78, 5) is 24.9. The summed E-state index contributed by atoms with van der Waals surface area (Å²) >= 11 is 0. The quantitative estimate of drug-likeness (QED) is 0.507. The molecule has 1 aliphatic carbocycles. The summed E-state index contributed by atoms with van der Waals surface area (Å²) in [5.41, 5.74) is 4.19. The largest absolute Gasteiger partial charge is 0.497 e. The molecular formula is C26H29N3O3. The van der Waals surface area contributed by atoms with Crippen molar-refractivity contribution in [2.24, 2.45) is 0 Å². The normalized spacial score (nSPS) is 15.1. The fourth-order valence-corrected chi connectivity index (χ4v) is 4.26. The van der Waals surface area contributed by atoms with Crippen LogP contribution >= 0.6 is 0 Å². The third-order valence-electron chi connectivity index (χ3n) is 5.99. The summed E-state index contributed by atoms with van der Waals surface area (Å²) in [7, 11) is 1.60. The van der Waals surface area contributed by atoms with Gasteiger partial charge in [0, 0.05) is 29.7 Å². The highest BCUT2D eigenvalue weighted by molar-refractivity contribution is 5.96. The van der Waals surface area contributed by atoms with E-state index in [4.69, 9.17) is 4.74 Å². The number of aromatic nitrogens is 2. The third-order valence-corrected chi connectivity index (χ3v) is 5.99. The highest BCUT2D eigenvalue weighted by atomic mass is 16.5. The van der Waals surface area contributed by atoms with Crippen LogP contribution in [0, 0.1) is 0 Å². The zero-order valence-electron chi connectivity index (χ0n) is 18.4. The molecule has 1 amide bonds. The van der Waals surface area contributed by atoms with Gasteiger partial charge in [-0.25, -0.2) is 0 Å². The first kappa shape index (κ1) is 21.8. The van der Waals surface area contributed by atoms with Crippen LogP contribution in [0.15, 0.2) is 60.8 Å². The lowest BCUT2D eigenvalue weighted by Gasteiger charge is -2.24. The predicted molar refractivity (Wildman–Crippen MR) is 123 cm³/mol. The fourth-order valence-electron chi connectivity index (χ4n) is 4.26. The Morgan fingerprint density at radius 1 is 1.09 bits per heavy atom. The first-order valence-electron chi connectivity index (χ1n) is 11.2. The fraction of sp³-hybridized carbons (Fsp3) is 0.346. The van der Waals surface area contributed by atoms with Crippen molar-refractivity contribution in [3.63, 3.8) is 0 Å². The van der Waals surface area contributed by atoms with E-state index in [1.807, 2.05) is 24.4 Å². The third kappa shape index (κ3) is 5.25. The Labute approximate surface area is 188 Å². The molecule has 1 atom stereocenters. The van der Waals surface area contributed by atoms with Crippen LogP contribution in [-0.4, -0.2) is 28.6 Å².